The molecule has 0 spiro atoms. The van der Waals surface area contributed by atoms with Crippen molar-refractivity contribution in [3.8, 4) is 0 Å². The molecule has 1 fully saturated rings. The maximum absolute atomic E-state index is 13.2. The van der Waals surface area contributed by atoms with Crippen molar-refractivity contribution in [1.82, 2.24) is 9.80 Å². The first-order valence-corrected chi connectivity index (χ1v) is 10.9. The van der Waals surface area contributed by atoms with Crippen molar-refractivity contribution in [3.63, 3.8) is 0 Å². The molecule has 2 aromatic carbocycles. The summed E-state index contributed by atoms with van der Waals surface area (Å²) < 4.78 is 22.9. The molecule has 0 aliphatic carbocycles. The Kier molecular flexibility index (Phi) is 4.97. The number of carbonyl (C=O) groups excluding carboxylic acids is 2. The van der Waals surface area contributed by atoms with Crippen molar-refractivity contribution in [1.29, 1.82) is 0 Å². The quantitative estimate of drug-likeness (QED) is 0.755. The standard InChI is InChI=1S/C21H21N3O4S/c22-29(27,28)17-10-8-15(9-11-17)14-24-20(25)18(16-6-2-1-3-7-16)19(21(24)26)23-12-4-5-13-23/h1-3,6-11H,4-5,12-14H2,(H2,22,27,28). The Bertz CT molecular complexity index is 1090. The van der Waals surface area contributed by atoms with Gasteiger partial charge in [0, 0.05) is 13.1 Å². The van der Waals surface area contributed by atoms with E-state index in [1.54, 1.807) is 12.1 Å². The highest BCUT2D eigenvalue weighted by Crippen LogP contribution is 2.34. The normalized spacial score (nSPS) is 17.6. The fourth-order valence-corrected chi connectivity index (χ4v) is 4.29. The van der Waals surface area contributed by atoms with Crippen molar-refractivity contribution >= 4 is 27.4 Å². The number of sulfonamides is 1. The second-order valence-corrected chi connectivity index (χ2v) is 8.73. The minimum Gasteiger partial charge on any atom is -0.366 e. The van der Waals surface area contributed by atoms with Crippen molar-refractivity contribution in [3.05, 3.63) is 71.4 Å². The van der Waals surface area contributed by atoms with Gasteiger partial charge in [-0.1, -0.05) is 42.5 Å². The average Bonchev–Trinajstić information content (AvgIpc) is 3.31. The summed E-state index contributed by atoms with van der Waals surface area (Å²) in [6.45, 7) is 1.57. The van der Waals surface area contributed by atoms with Crippen LogP contribution < -0.4 is 5.14 Å². The Balaban J connectivity index is 1.67. The van der Waals surface area contributed by atoms with Crippen LogP contribution in [-0.4, -0.2) is 43.1 Å². The Morgan fingerprint density at radius 1 is 0.862 bits per heavy atom. The number of nitrogens with zero attached hydrogens (tertiary/aromatic N) is 2. The van der Waals surface area contributed by atoms with Crippen LogP contribution in [0.15, 0.2) is 65.2 Å². The van der Waals surface area contributed by atoms with Gasteiger partial charge in [-0.2, -0.15) is 0 Å². The second kappa shape index (κ2) is 7.46. The van der Waals surface area contributed by atoms with Crippen molar-refractivity contribution in [2.24, 2.45) is 5.14 Å². The molecular formula is C21H21N3O4S. The molecule has 0 bridgehead atoms. The van der Waals surface area contributed by atoms with Gasteiger partial charge in [0.05, 0.1) is 17.0 Å². The molecule has 0 aromatic heterocycles. The monoisotopic (exact) mass is 411 g/mol. The summed E-state index contributed by atoms with van der Waals surface area (Å²) in [5, 5.41) is 5.13. The molecule has 29 heavy (non-hydrogen) atoms. The number of likely N-dealkylation sites (tertiary alicyclic amines) is 1. The molecule has 7 nitrogen and oxygen atoms in total. The van der Waals surface area contributed by atoms with Gasteiger partial charge in [0.25, 0.3) is 11.8 Å². The average molecular weight is 411 g/mol. The van der Waals surface area contributed by atoms with Gasteiger partial charge < -0.3 is 4.90 Å². The Morgan fingerprint density at radius 3 is 2.07 bits per heavy atom. The number of nitrogens with two attached hydrogens (primary N) is 1. The lowest BCUT2D eigenvalue weighted by Crippen LogP contribution is -2.34. The number of imide groups is 1. The molecule has 150 valence electrons. The van der Waals surface area contributed by atoms with Crippen LogP contribution in [0.2, 0.25) is 0 Å². The first kappa shape index (κ1) is 19.4. The van der Waals surface area contributed by atoms with Gasteiger partial charge in [-0.25, -0.2) is 13.6 Å². The Hall–Kier alpha value is -2.97. The molecule has 2 aromatic rings. The predicted molar refractivity (Wildman–Crippen MR) is 108 cm³/mol. The topological polar surface area (TPSA) is 101 Å². The van der Waals surface area contributed by atoms with Crippen molar-refractivity contribution in [2.45, 2.75) is 24.3 Å². The minimum absolute atomic E-state index is 0.0128. The lowest BCUT2D eigenvalue weighted by molar-refractivity contribution is -0.138. The molecule has 2 heterocycles. The van der Waals surface area contributed by atoms with Crippen LogP contribution >= 0.6 is 0 Å². The predicted octanol–water partition coefficient (Wildman–Crippen LogP) is 1.71. The number of amides is 2. The molecule has 2 aliphatic rings. The highest BCUT2D eigenvalue weighted by atomic mass is 32.2. The summed E-state index contributed by atoms with van der Waals surface area (Å²) in [4.78, 5) is 29.6. The van der Waals surface area contributed by atoms with E-state index in [4.69, 9.17) is 5.14 Å². The van der Waals surface area contributed by atoms with Crippen molar-refractivity contribution in [2.75, 3.05) is 13.1 Å². The van der Waals surface area contributed by atoms with Gasteiger partial charge in [-0.15, -0.1) is 0 Å². The van der Waals surface area contributed by atoms with E-state index < -0.39 is 10.0 Å². The summed E-state index contributed by atoms with van der Waals surface area (Å²) in [5.41, 5.74) is 2.26. The maximum atomic E-state index is 13.2. The summed E-state index contributed by atoms with van der Waals surface area (Å²) >= 11 is 0. The van der Waals surface area contributed by atoms with Crippen LogP contribution in [0, 0.1) is 0 Å². The zero-order valence-corrected chi connectivity index (χ0v) is 16.6. The van der Waals surface area contributed by atoms with Gasteiger partial charge in [-0.05, 0) is 36.1 Å². The highest BCUT2D eigenvalue weighted by molar-refractivity contribution is 7.89. The van der Waals surface area contributed by atoms with E-state index in [9.17, 15) is 18.0 Å². The van der Waals surface area contributed by atoms with Crippen molar-refractivity contribution < 1.29 is 18.0 Å². The zero-order chi connectivity index (χ0) is 20.6. The van der Waals surface area contributed by atoms with E-state index >= 15 is 0 Å². The van der Waals surface area contributed by atoms with Gasteiger partial charge in [0.2, 0.25) is 10.0 Å². The molecule has 8 heteroatoms. The zero-order valence-electron chi connectivity index (χ0n) is 15.7. The number of rotatable bonds is 5. The van der Waals surface area contributed by atoms with Crippen LogP contribution in [0.5, 0.6) is 0 Å². The lowest BCUT2D eigenvalue weighted by Gasteiger charge is -2.20. The fraction of sp³-hybridized carbons (Fsp3) is 0.238. The van der Waals surface area contributed by atoms with Crippen LogP contribution in [0.25, 0.3) is 5.57 Å². The maximum Gasteiger partial charge on any atom is 0.278 e. The number of primary sulfonamides is 1. The largest absolute Gasteiger partial charge is 0.366 e. The SMILES string of the molecule is NS(=O)(=O)c1ccc(CN2C(=O)C(c3ccccc3)=C(N3CCCC3)C2=O)cc1. The van der Waals surface area contributed by atoms with Crippen LogP contribution in [-0.2, 0) is 26.2 Å². The molecule has 4 rings (SSSR count). The van der Waals surface area contributed by atoms with Crippen LogP contribution in [0.1, 0.15) is 24.0 Å². The number of hydrogen-bond donors (Lipinski definition) is 1. The van der Waals surface area contributed by atoms with Gasteiger partial charge >= 0.3 is 0 Å². The summed E-state index contributed by atoms with van der Waals surface area (Å²) in [5.74, 6) is -0.648. The molecule has 2 amide bonds. The Labute approximate surface area is 169 Å². The van der Waals surface area contributed by atoms with E-state index in [1.807, 2.05) is 35.2 Å². The third kappa shape index (κ3) is 3.68. The highest BCUT2D eigenvalue weighted by Gasteiger charge is 2.41. The van der Waals surface area contributed by atoms with E-state index in [-0.39, 0.29) is 23.3 Å². The lowest BCUT2D eigenvalue weighted by atomic mass is 10.0. The van der Waals surface area contributed by atoms with E-state index in [2.05, 4.69) is 0 Å². The van der Waals surface area contributed by atoms with Crippen LogP contribution in [0.4, 0.5) is 0 Å². The second-order valence-electron chi connectivity index (χ2n) is 7.17. The van der Waals surface area contributed by atoms with E-state index in [0.717, 1.165) is 31.5 Å². The molecule has 2 N–H and O–H groups in total. The summed E-state index contributed by atoms with van der Waals surface area (Å²) in [7, 11) is -3.80. The first-order chi connectivity index (χ1) is 13.9. The van der Waals surface area contributed by atoms with E-state index in [0.29, 0.717) is 16.8 Å². The number of benzene rings is 2. The molecular weight excluding hydrogens is 390 g/mol. The fourth-order valence-electron chi connectivity index (χ4n) is 3.77. The van der Waals surface area contributed by atoms with Crippen LogP contribution in [0.3, 0.4) is 0 Å². The molecule has 0 saturated carbocycles. The van der Waals surface area contributed by atoms with Gasteiger partial charge in [-0.3, -0.25) is 14.5 Å². The summed E-state index contributed by atoms with van der Waals surface area (Å²) in [6.07, 6.45) is 1.98. The molecule has 1 saturated heterocycles. The smallest absolute Gasteiger partial charge is 0.278 e. The minimum atomic E-state index is -3.80. The first-order valence-electron chi connectivity index (χ1n) is 9.39. The molecule has 0 unspecified atom stereocenters. The van der Waals surface area contributed by atoms with Gasteiger partial charge in [0.1, 0.15) is 5.70 Å². The van der Waals surface area contributed by atoms with Gasteiger partial charge in [0.15, 0.2) is 0 Å². The third-order valence-corrected chi connectivity index (χ3v) is 6.15. The molecule has 0 radical (unpaired) electrons. The Morgan fingerprint density at radius 2 is 1.48 bits per heavy atom. The molecule has 2 aliphatic heterocycles. The van der Waals surface area contributed by atoms with E-state index in [1.165, 1.54) is 17.0 Å². The number of carbonyl (C=O) groups is 2. The summed E-state index contributed by atoms with van der Waals surface area (Å²) in [6, 6.07) is 15.1. The molecule has 0 atom stereocenters. The number of hydrogen-bond acceptors (Lipinski definition) is 5. The third-order valence-electron chi connectivity index (χ3n) is 5.22.